The van der Waals surface area contributed by atoms with Crippen molar-refractivity contribution in [2.24, 2.45) is 0 Å². The predicted octanol–water partition coefficient (Wildman–Crippen LogP) is 6.10. The lowest BCUT2D eigenvalue weighted by molar-refractivity contribution is 0.311. The Hall–Kier alpha value is -2.82. The molecule has 1 aliphatic rings. The molecule has 3 aromatic carbocycles. The quantitative estimate of drug-likeness (QED) is 0.365. The van der Waals surface area contributed by atoms with Gasteiger partial charge in [-0.2, -0.15) is 0 Å². The van der Waals surface area contributed by atoms with Gasteiger partial charge in [0.25, 0.3) is 0 Å². The van der Waals surface area contributed by atoms with Crippen LogP contribution in [0.25, 0.3) is 32.9 Å². The Morgan fingerprint density at radius 2 is 1.94 bits per heavy atom. The van der Waals surface area contributed by atoms with Crippen LogP contribution in [0, 0.1) is 0 Å². The summed E-state index contributed by atoms with van der Waals surface area (Å²) in [7, 11) is 3.77. The third-order valence-electron chi connectivity index (χ3n) is 6.05. The lowest BCUT2D eigenvalue weighted by Crippen LogP contribution is -2.27. The molecule has 0 amide bonds. The first kappa shape index (κ1) is 20.1. The maximum atomic E-state index is 6.59. The lowest BCUT2D eigenvalue weighted by atomic mass is 9.89. The molecular weight excluding hydrogens is 408 g/mol. The summed E-state index contributed by atoms with van der Waals surface area (Å²) in [5.74, 6) is 1.20. The zero-order valence-corrected chi connectivity index (χ0v) is 18.8. The zero-order valence-electron chi connectivity index (χ0n) is 18.0. The van der Waals surface area contributed by atoms with Crippen LogP contribution in [0.4, 0.5) is 0 Å². The van der Waals surface area contributed by atoms with E-state index < -0.39 is 0 Å². The van der Waals surface area contributed by atoms with Crippen molar-refractivity contribution in [3.05, 3.63) is 64.7 Å². The van der Waals surface area contributed by atoms with Gasteiger partial charge in [0.15, 0.2) is 11.5 Å². The second-order valence-corrected chi connectivity index (χ2v) is 8.42. The monoisotopic (exact) mass is 432 g/mol. The molecule has 1 aromatic heterocycles. The molecule has 0 N–H and O–H groups in total. The molecule has 0 unspecified atom stereocenters. The molecule has 2 heterocycles. The van der Waals surface area contributed by atoms with Crippen molar-refractivity contribution in [2.75, 3.05) is 27.3 Å². The number of pyridine rings is 1. The van der Waals surface area contributed by atoms with Gasteiger partial charge in [0, 0.05) is 24.0 Å². The highest BCUT2D eigenvalue weighted by Gasteiger charge is 2.24. The molecule has 0 spiro atoms. The minimum atomic E-state index is 0.529. The summed E-state index contributed by atoms with van der Waals surface area (Å²) in [6, 6.07) is 16.8. The van der Waals surface area contributed by atoms with Gasteiger partial charge in [-0.25, -0.2) is 4.98 Å². The van der Waals surface area contributed by atoms with Gasteiger partial charge in [-0.05, 0) is 60.5 Å². The molecule has 0 aliphatic carbocycles. The maximum absolute atomic E-state index is 6.59. The first-order valence-corrected chi connectivity index (χ1v) is 11.0. The number of aromatic nitrogens is 1. The Kier molecular flexibility index (Phi) is 5.20. The molecular formula is C26H25ClN2O2. The fourth-order valence-electron chi connectivity index (χ4n) is 4.65. The first-order chi connectivity index (χ1) is 15.1. The second-order valence-electron chi connectivity index (χ2n) is 8.01. The molecule has 5 rings (SSSR count). The van der Waals surface area contributed by atoms with Crippen molar-refractivity contribution in [3.63, 3.8) is 0 Å². The summed E-state index contributed by atoms with van der Waals surface area (Å²) < 4.78 is 11.3. The normalized spacial score (nSPS) is 14.1. The minimum Gasteiger partial charge on any atom is -0.491 e. The van der Waals surface area contributed by atoms with Crippen molar-refractivity contribution in [1.29, 1.82) is 0 Å². The molecule has 0 bridgehead atoms. The molecule has 4 nitrogen and oxygen atoms in total. The smallest absolute Gasteiger partial charge is 0.179 e. The molecule has 31 heavy (non-hydrogen) atoms. The van der Waals surface area contributed by atoms with Crippen LogP contribution in [0.2, 0.25) is 5.02 Å². The fourth-order valence-corrected chi connectivity index (χ4v) is 4.94. The van der Waals surface area contributed by atoms with Crippen LogP contribution in [0.15, 0.2) is 48.5 Å². The van der Waals surface area contributed by atoms with E-state index in [0.717, 1.165) is 36.3 Å². The van der Waals surface area contributed by atoms with Crippen LogP contribution in [0.5, 0.6) is 11.5 Å². The zero-order chi connectivity index (χ0) is 21.5. The maximum Gasteiger partial charge on any atom is 0.179 e. The van der Waals surface area contributed by atoms with E-state index in [2.05, 4.69) is 48.3 Å². The molecule has 0 atom stereocenters. The average molecular weight is 433 g/mol. The molecule has 0 saturated carbocycles. The van der Waals surface area contributed by atoms with E-state index in [1.165, 1.54) is 27.3 Å². The molecule has 1 aliphatic heterocycles. The third-order valence-corrected chi connectivity index (χ3v) is 6.33. The van der Waals surface area contributed by atoms with Crippen molar-refractivity contribution in [2.45, 2.75) is 19.9 Å². The number of nitrogens with zero attached hydrogens (tertiary/aromatic N) is 2. The number of rotatable bonds is 4. The Morgan fingerprint density at radius 3 is 2.74 bits per heavy atom. The van der Waals surface area contributed by atoms with Gasteiger partial charge in [-0.15, -0.1) is 0 Å². The molecule has 0 fully saturated rings. The van der Waals surface area contributed by atoms with Crippen LogP contribution in [0.1, 0.15) is 18.1 Å². The Morgan fingerprint density at radius 1 is 1.10 bits per heavy atom. The summed E-state index contributed by atoms with van der Waals surface area (Å²) >= 11 is 6.59. The standard InChI is InChI=1S/C26H25ClN2O2/c1-4-31-23-14-17(13-21(27)26(23)30-3)25-20-15-29(2)12-11-19(20)24-18-8-6-5-7-16(18)9-10-22(24)28-25/h5-10,13-14H,4,11-12,15H2,1-3H3. The van der Waals surface area contributed by atoms with E-state index in [4.69, 9.17) is 26.1 Å². The SMILES string of the molecule is CCOc1cc(-c2nc3ccc4ccccc4c3c3c2CN(C)CC3)cc(Cl)c1OC. The van der Waals surface area contributed by atoms with Gasteiger partial charge < -0.3 is 14.4 Å². The van der Waals surface area contributed by atoms with Crippen LogP contribution < -0.4 is 9.47 Å². The number of methoxy groups -OCH3 is 1. The van der Waals surface area contributed by atoms with Crippen molar-refractivity contribution >= 4 is 33.3 Å². The van der Waals surface area contributed by atoms with Gasteiger partial charge in [0.1, 0.15) is 0 Å². The summed E-state index contributed by atoms with van der Waals surface area (Å²) in [4.78, 5) is 7.51. The number of hydrogen-bond acceptors (Lipinski definition) is 4. The average Bonchev–Trinajstić information content (AvgIpc) is 2.78. The van der Waals surface area contributed by atoms with Gasteiger partial charge in [-0.3, -0.25) is 0 Å². The summed E-state index contributed by atoms with van der Waals surface area (Å²) in [5, 5.41) is 4.32. The Balaban J connectivity index is 1.83. The van der Waals surface area contributed by atoms with Gasteiger partial charge in [-0.1, -0.05) is 41.9 Å². The number of halogens is 1. The van der Waals surface area contributed by atoms with Crippen molar-refractivity contribution < 1.29 is 9.47 Å². The molecule has 158 valence electrons. The number of hydrogen-bond donors (Lipinski definition) is 0. The van der Waals surface area contributed by atoms with E-state index in [1.807, 2.05) is 19.1 Å². The summed E-state index contributed by atoms with van der Waals surface area (Å²) in [6.07, 6.45) is 0.994. The van der Waals surface area contributed by atoms with Crippen molar-refractivity contribution in [1.82, 2.24) is 9.88 Å². The van der Waals surface area contributed by atoms with Crippen LogP contribution >= 0.6 is 11.6 Å². The first-order valence-electron chi connectivity index (χ1n) is 10.6. The number of fused-ring (bicyclic) bond motifs is 5. The number of benzene rings is 3. The summed E-state index contributed by atoms with van der Waals surface area (Å²) in [5.41, 5.74) is 5.59. The minimum absolute atomic E-state index is 0.529. The highest BCUT2D eigenvalue weighted by Crippen LogP contribution is 2.42. The van der Waals surface area contributed by atoms with E-state index in [0.29, 0.717) is 23.1 Å². The highest BCUT2D eigenvalue weighted by molar-refractivity contribution is 6.32. The highest BCUT2D eigenvalue weighted by atomic mass is 35.5. The molecule has 0 radical (unpaired) electrons. The number of likely N-dealkylation sites (N-methyl/N-ethyl adjacent to an activating group) is 1. The third kappa shape index (κ3) is 3.40. The van der Waals surface area contributed by atoms with Crippen molar-refractivity contribution in [3.8, 4) is 22.8 Å². The second kappa shape index (κ2) is 8.03. The van der Waals surface area contributed by atoms with Crippen LogP contribution in [0.3, 0.4) is 0 Å². The van der Waals surface area contributed by atoms with Crippen LogP contribution in [-0.2, 0) is 13.0 Å². The van der Waals surface area contributed by atoms with E-state index >= 15 is 0 Å². The molecule has 5 heteroatoms. The lowest BCUT2D eigenvalue weighted by Gasteiger charge is -2.28. The van der Waals surface area contributed by atoms with Gasteiger partial charge in [0.2, 0.25) is 0 Å². The van der Waals surface area contributed by atoms with Gasteiger partial charge in [0.05, 0.1) is 29.9 Å². The van der Waals surface area contributed by atoms with Crippen LogP contribution in [-0.4, -0.2) is 37.2 Å². The Labute approximate surface area is 187 Å². The van der Waals surface area contributed by atoms with E-state index in [1.54, 1.807) is 7.11 Å². The fraction of sp³-hybridized carbons (Fsp3) is 0.269. The number of ether oxygens (including phenoxy) is 2. The topological polar surface area (TPSA) is 34.6 Å². The predicted molar refractivity (Wildman–Crippen MR) is 127 cm³/mol. The Bertz CT molecular complexity index is 1300. The van der Waals surface area contributed by atoms with E-state index in [-0.39, 0.29) is 0 Å². The summed E-state index contributed by atoms with van der Waals surface area (Å²) in [6.45, 7) is 4.37. The molecule has 0 saturated heterocycles. The molecule has 4 aromatic rings. The van der Waals surface area contributed by atoms with E-state index in [9.17, 15) is 0 Å². The van der Waals surface area contributed by atoms with Gasteiger partial charge >= 0.3 is 0 Å². The largest absolute Gasteiger partial charge is 0.491 e.